The van der Waals surface area contributed by atoms with Crippen LogP contribution in [0.3, 0.4) is 0 Å². The second-order valence-corrected chi connectivity index (χ2v) is 4.62. The number of carbonyl (C=O) groups is 2. The summed E-state index contributed by atoms with van der Waals surface area (Å²) in [6.45, 7) is 1.89. The third-order valence-corrected chi connectivity index (χ3v) is 2.80. The number of pyridine rings is 1. The largest absolute Gasteiger partial charge is 0.481 e. The normalized spacial score (nSPS) is 11.8. The lowest BCUT2D eigenvalue weighted by Gasteiger charge is -2.13. The summed E-state index contributed by atoms with van der Waals surface area (Å²) in [7, 11) is 0. The van der Waals surface area contributed by atoms with Crippen molar-refractivity contribution in [2.75, 3.05) is 0 Å². The first-order valence-electron chi connectivity index (χ1n) is 6.48. The summed E-state index contributed by atoms with van der Waals surface area (Å²) in [5.41, 5.74) is 1.04. The van der Waals surface area contributed by atoms with Gasteiger partial charge in [0.15, 0.2) is 0 Å². The summed E-state index contributed by atoms with van der Waals surface area (Å²) in [5, 5.41) is 11.4. The molecule has 1 unspecified atom stereocenters. The van der Waals surface area contributed by atoms with E-state index >= 15 is 0 Å². The first kappa shape index (κ1) is 15.1. The van der Waals surface area contributed by atoms with E-state index in [1.54, 1.807) is 12.4 Å². The van der Waals surface area contributed by atoms with Gasteiger partial charge in [0.25, 0.3) is 0 Å². The Balaban J connectivity index is 2.18. The Morgan fingerprint density at radius 1 is 1.42 bits per heavy atom. The molecule has 1 rings (SSSR count). The first-order chi connectivity index (χ1) is 9.08. The van der Waals surface area contributed by atoms with E-state index in [0.717, 1.165) is 5.56 Å². The van der Waals surface area contributed by atoms with Gasteiger partial charge in [-0.25, -0.2) is 0 Å². The Kier molecular flexibility index (Phi) is 6.57. The monoisotopic (exact) mass is 264 g/mol. The molecule has 1 aromatic heterocycles. The van der Waals surface area contributed by atoms with E-state index in [2.05, 4.69) is 10.3 Å². The topological polar surface area (TPSA) is 79.3 Å². The van der Waals surface area contributed by atoms with Crippen molar-refractivity contribution in [3.05, 3.63) is 30.1 Å². The van der Waals surface area contributed by atoms with Crippen molar-refractivity contribution in [1.82, 2.24) is 10.3 Å². The van der Waals surface area contributed by atoms with Crippen molar-refractivity contribution >= 4 is 11.9 Å². The second-order valence-electron chi connectivity index (χ2n) is 4.62. The SMILES string of the molecule is CC(CCCC(=O)O)NC(=O)CCc1cccnc1. The highest BCUT2D eigenvalue weighted by molar-refractivity contribution is 5.76. The molecule has 0 aliphatic heterocycles. The molecule has 1 amide bonds. The number of rotatable bonds is 8. The number of aliphatic carboxylic acids is 1. The van der Waals surface area contributed by atoms with Crippen molar-refractivity contribution in [3.63, 3.8) is 0 Å². The molecule has 5 nitrogen and oxygen atoms in total. The molecule has 0 spiro atoms. The van der Waals surface area contributed by atoms with Gasteiger partial charge in [-0.3, -0.25) is 14.6 Å². The van der Waals surface area contributed by atoms with Gasteiger partial charge in [-0.05, 0) is 37.8 Å². The lowest BCUT2D eigenvalue weighted by atomic mass is 10.1. The minimum Gasteiger partial charge on any atom is -0.481 e. The lowest BCUT2D eigenvalue weighted by molar-refractivity contribution is -0.137. The zero-order valence-corrected chi connectivity index (χ0v) is 11.1. The van der Waals surface area contributed by atoms with E-state index in [0.29, 0.717) is 25.7 Å². The first-order valence-corrected chi connectivity index (χ1v) is 6.48. The van der Waals surface area contributed by atoms with Crippen molar-refractivity contribution in [1.29, 1.82) is 0 Å². The molecule has 5 heteroatoms. The highest BCUT2D eigenvalue weighted by Gasteiger charge is 2.08. The summed E-state index contributed by atoms with van der Waals surface area (Å²) >= 11 is 0. The Hall–Kier alpha value is -1.91. The zero-order valence-electron chi connectivity index (χ0n) is 11.1. The number of hydrogen-bond donors (Lipinski definition) is 2. The van der Waals surface area contributed by atoms with Crippen LogP contribution in [0.1, 0.15) is 38.2 Å². The molecule has 1 heterocycles. The molecular formula is C14H20N2O3. The van der Waals surface area contributed by atoms with Crippen molar-refractivity contribution in [2.24, 2.45) is 0 Å². The van der Waals surface area contributed by atoms with Crippen LogP contribution < -0.4 is 5.32 Å². The van der Waals surface area contributed by atoms with Gasteiger partial charge < -0.3 is 10.4 Å². The second kappa shape index (κ2) is 8.24. The van der Waals surface area contributed by atoms with Crippen LogP contribution in [-0.2, 0) is 16.0 Å². The predicted octanol–water partition coefficient (Wildman–Crippen LogP) is 1.77. The molecule has 0 bridgehead atoms. The average Bonchev–Trinajstić information content (AvgIpc) is 2.37. The predicted molar refractivity (Wildman–Crippen MR) is 71.6 cm³/mol. The molecule has 0 saturated carbocycles. The molecular weight excluding hydrogens is 244 g/mol. The Morgan fingerprint density at radius 2 is 2.21 bits per heavy atom. The minimum absolute atomic E-state index is 0.00771. The van der Waals surface area contributed by atoms with Crippen LogP contribution in [0.4, 0.5) is 0 Å². The van der Waals surface area contributed by atoms with Crippen LogP contribution in [0.5, 0.6) is 0 Å². The standard InChI is InChI=1S/C14H20N2O3/c1-11(4-2-6-14(18)19)16-13(17)8-7-12-5-3-9-15-10-12/h3,5,9-11H,2,4,6-8H2,1H3,(H,16,17)(H,18,19). The van der Waals surface area contributed by atoms with Crippen molar-refractivity contribution < 1.29 is 14.7 Å². The average molecular weight is 264 g/mol. The summed E-state index contributed by atoms with van der Waals surface area (Å²) in [4.78, 5) is 26.0. The number of aryl methyl sites for hydroxylation is 1. The highest BCUT2D eigenvalue weighted by Crippen LogP contribution is 2.03. The smallest absolute Gasteiger partial charge is 0.303 e. The van der Waals surface area contributed by atoms with Gasteiger partial charge in [0, 0.05) is 31.3 Å². The number of nitrogens with one attached hydrogen (secondary N) is 1. The molecule has 0 aliphatic carbocycles. The minimum atomic E-state index is -0.796. The molecule has 2 N–H and O–H groups in total. The maximum absolute atomic E-state index is 11.7. The fraction of sp³-hybridized carbons (Fsp3) is 0.500. The van der Waals surface area contributed by atoms with Crippen LogP contribution in [0.15, 0.2) is 24.5 Å². The Labute approximate surface area is 113 Å². The fourth-order valence-electron chi connectivity index (χ4n) is 1.78. The molecule has 0 saturated heterocycles. The fourth-order valence-corrected chi connectivity index (χ4v) is 1.78. The Bertz CT molecular complexity index is 406. The molecule has 0 fully saturated rings. The molecule has 1 atom stereocenters. The number of carbonyl (C=O) groups excluding carboxylic acids is 1. The van der Waals surface area contributed by atoms with Gasteiger partial charge in [-0.15, -0.1) is 0 Å². The van der Waals surface area contributed by atoms with E-state index in [1.807, 2.05) is 19.1 Å². The van der Waals surface area contributed by atoms with Crippen LogP contribution in [0.2, 0.25) is 0 Å². The highest BCUT2D eigenvalue weighted by atomic mass is 16.4. The van der Waals surface area contributed by atoms with E-state index < -0.39 is 5.97 Å². The molecule has 0 aromatic carbocycles. The summed E-state index contributed by atoms with van der Waals surface area (Å²) < 4.78 is 0. The van der Waals surface area contributed by atoms with Crippen LogP contribution >= 0.6 is 0 Å². The van der Waals surface area contributed by atoms with Gasteiger partial charge in [0.05, 0.1) is 0 Å². The number of aromatic nitrogens is 1. The Morgan fingerprint density at radius 3 is 2.84 bits per heavy atom. The van der Waals surface area contributed by atoms with E-state index in [-0.39, 0.29) is 18.4 Å². The van der Waals surface area contributed by atoms with Crippen molar-refractivity contribution in [2.45, 2.75) is 45.1 Å². The van der Waals surface area contributed by atoms with Crippen LogP contribution in [0.25, 0.3) is 0 Å². The van der Waals surface area contributed by atoms with Gasteiger partial charge in [-0.2, -0.15) is 0 Å². The molecule has 0 radical (unpaired) electrons. The molecule has 104 valence electrons. The summed E-state index contributed by atoms with van der Waals surface area (Å²) in [6.07, 6.45) is 5.97. The van der Waals surface area contributed by atoms with Crippen LogP contribution in [0, 0.1) is 0 Å². The molecule has 1 aromatic rings. The number of carboxylic acids is 1. The lowest BCUT2D eigenvalue weighted by Crippen LogP contribution is -2.32. The van der Waals surface area contributed by atoms with E-state index in [4.69, 9.17) is 5.11 Å². The summed E-state index contributed by atoms with van der Waals surface area (Å²) in [6, 6.07) is 3.80. The number of amides is 1. The zero-order chi connectivity index (χ0) is 14.1. The van der Waals surface area contributed by atoms with E-state index in [1.165, 1.54) is 0 Å². The van der Waals surface area contributed by atoms with Gasteiger partial charge in [0.1, 0.15) is 0 Å². The van der Waals surface area contributed by atoms with Gasteiger partial charge in [0.2, 0.25) is 5.91 Å². The molecule has 0 aliphatic rings. The number of hydrogen-bond acceptors (Lipinski definition) is 3. The maximum atomic E-state index is 11.7. The number of carboxylic acid groups (broad SMARTS) is 1. The van der Waals surface area contributed by atoms with Gasteiger partial charge in [-0.1, -0.05) is 6.07 Å². The molecule has 19 heavy (non-hydrogen) atoms. The van der Waals surface area contributed by atoms with Gasteiger partial charge >= 0.3 is 5.97 Å². The van der Waals surface area contributed by atoms with E-state index in [9.17, 15) is 9.59 Å². The maximum Gasteiger partial charge on any atom is 0.303 e. The third-order valence-electron chi connectivity index (χ3n) is 2.80. The van der Waals surface area contributed by atoms with Crippen LogP contribution in [-0.4, -0.2) is 28.0 Å². The summed E-state index contributed by atoms with van der Waals surface area (Å²) in [5.74, 6) is -0.804. The third kappa shape index (κ3) is 7.18. The number of nitrogens with zero attached hydrogens (tertiary/aromatic N) is 1. The van der Waals surface area contributed by atoms with Crippen molar-refractivity contribution in [3.8, 4) is 0 Å². The quantitative estimate of drug-likeness (QED) is 0.750.